The van der Waals surface area contributed by atoms with E-state index in [0.29, 0.717) is 5.76 Å². The van der Waals surface area contributed by atoms with Crippen LogP contribution in [0.2, 0.25) is 0 Å². The van der Waals surface area contributed by atoms with E-state index in [9.17, 15) is 4.79 Å². The van der Waals surface area contributed by atoms with Crippen LogP contribution < -0.4 is 0 Å². The number of hydrogen-bond donors (Lipinski definition) is 0. The lowest BCUT2D eigenvalue weighted by molar-refractivity contribution is -0.125. The van der Waals surface area contributed by atoms with Crippen LogP contribution in [0.15, 0.2) is 28.4 Å². The largest absolute Gasteiger partial charge is 0.465 e. The first-order valence-corrected chi connectivity index (χ1v) is 5.26. The Hall–Kier alpha value is -2.02. The average Bonchev–Trinajstić information content (AvgIpc) is 2.97. The fourth-order valence-corrected chi connectivity index (χ4v) is 1.75. The molecule has 4 heteroatoms. The molecule has 1 aliphatic rings. The summed E-state index contributed by atoms with van der Waals surface area (Å²) >= 11 is 0. The van der Waals surface area contributed by atoms with Gasteiger partial charge in [-0.2, -0.15) is 5.26 Å². The number of likely N-dealkylation sites (tertiary alicyclic amines) is 1. The van der Waals surface area contributed by atoms with E-state index in [0.717, 1.165) is 25.9 Å². The molecule has 1 amide bonds. The third kappa shape index (κ3) is 2.14. The van der Waals surface area contributed by atoms with Crippen LogP contribution in [0.25, 0.3) is 6.08 Å². The third-order valence-electron chi connectivity index (χ3n) is 2.57. The van der Waals surface area contributed by atoms with Crippen molar-refractivity contribution in [3.8, 4) is 6.07 Å². The molecule has 1 aliphatic heterocycles. The molecule has 0 spiro atoms. The van der Waals surface area contributed by atoms with Gasteiger partial charge in [-0.3, -0.25) is 4.79 Å². The summed E-state index contributed by atoms with van der Waals surface area (Å²) < 4.78 is 5.08. The molecule has 16 heavy (non-hydrogen) atoms. The van der Waals surface area contributed by atoms with Gasteiger partial charge in [-0.25, -0.2) is 0 Å². The zero-order valence-electron chi connectivity index (χ0n) is 8.85. The van der Waals surface area contributed by atoms with Crippen molar-refractivity contribution in [2.24, 2.45) is 0 Å². The number of furan rings is 1. The van der Waals surface area contributed by atoms with Crippen molar-refractivity contribution in [2.45, 2.75) is 12.8 Å². The Bertz CT molecular complexity index is 434. The van der Waals surface area contributed by atoms with Crippen LogP contribution in [0.3, 0.4) is 0 Å². The van der Waals surface area contributed by atoms with Crippen molar-refractivity contribution >= 4 is 12.0 Å². The minimum absolute atomic E-state index is 0.136. The summed E-state index contributed by atoms with van der Waals surface area (Å²) in [6, 6.07) is 5.37. The lowest BCUT2D eigenvalue weighted by Gasteiger charge is -2.13. The van der Waals surface area contributed by atoms with Crippen molar-refractivity contribution in [3.63, 3.8) is 0 Å². The van der Waals surface area contributed by atoms with Gasteiger partial charge in [0.25, 0.3) is 5.91 Å². The van der Waals surface area contributed by atoms with Crippen molar-refractivity contribution < 1.29 is 9.21 Å². The van der Waals surface area contributed by atoms with Crippen LogP contribution in [-0.2, 0) is 4.79 Å². The minimum atomic E-state index is -0.198. The van der Waals surface area contributed by atoms with Gasteiger partial charge in [-0.05, 0) is 25.0 Å². The van der Waals surface area contributed by atoms with Gasteiger partial charge in [0.15, 0.2) is 0 Å². The maximum Gasteiger partial charge on any atom is 0.264 e. The topological polar surface area (TPSA) is 57.2 Å². The van der Waals surface area contributed by atoms with Crippen LogP contribution in [0.4, 0.5) is 0 Å². The fraction of sp³-hybridized carbons (Fsp3) is 0.333. The smallest absolute Gasteiger partial charge is 0.264 e. The van der Waals surface area contributed by atoms with E-state index in [2.05, 4.69) is 0 Å². The first kappa shape index (κ1) is 10.5. The number of hydrogen-bond acceptors (Lipinski definition) is 3. The highest BCUT2D eigenvalue weighted by molar-refractivity contribution is 6.01. The molecule has 0 bridgehead atoms. The van der Waals surface area contributed by atoms with Gasteiger partial charge in [-0.1, -0.05) is 0 Å². The molecule has 1 fully saturated rings. The van der Waals surface area contributed by atoms with Crippen LogP contribution >= 0.6 is 0 Å². The summed E-state index contributed by atoms with van der Waals surface area (Å²) in [5.41, 5.74) is 0.136. The van der Waals surface area contributed by atoms with E-state index in [-0.39, 0.29) is 11.5 Å². The van der Waals surface area contributed by atoms with Gasteiger partial charge in [0.2, 0.25) is 0 Å². The summed E-state index contributed by atoms with van der Waals surface area (Å²) in [4.78, 5) is 13.6. The Labute approximate surface area is 93.8 Å². The van der Waals surface area contributed by atoms with E-state index < -0.39 is 0 Å². The minimum Gasteiger partial charge on any atom is -0.465 e. The third-order valence-corrected chi connectivity index (χ3v) is 2.57. The second-order valence-corrected chi connectivity index (χ2v) is 3.68. The molecule has 82 valence electrons. The highest BCUT2D eigenvalue weighted by Crippen LogP contribution is 2.14. The highest BCUT2D eigenvalue weighted by Gasteiger charge is 2.21. The standard InChI is InChI=1S/C12H12N2O2/c13-9-10(8-11-4-3-7-16-11)12(15)14-5-1-2-6-14/h3-4,7-8H,1-2,5-6H2/b10-8+. The molecule has 1 saturated heterocycles. The highest BCUT2D eigenvalue weighted by atomic mass is 16.3. The fourth-order valence-electron chi connectivity index (χ4n) is 1.75. The molecule has 4 nitrogen and oxygen atoms in total. The number of nitrogens with zero attached hydrogens (tertiary/aromatic N) is 2. The Morgan fingerprint density at radius 2 is 2.25 bits per heavy atom. The van der Waals surface area contributed by atoms with Crippen LogP contribution in [0.5, 0.6) is 0 Å². The number of carbonyl (C=O) groups is 1. The number of rotatable bonds is 2. The maximum absolute atomic E-state index is 11.9. The van der Waals surface area contributed by atoms with Crippen LogP contribution in [0, 0.1) is 11.3 Å². The van der Waals surface area contributed by atoms with Crippen LogP contribution in [-0.4, -0.2) is 23.9 Å². The van der Waals surface area contributed by atoms with Gasteiger partial charge in [0.1, 0.15) is 17.4 Å². The molecule has 1 aromatic heterocycles. The summed E-state index contributed by atoms with van der Waals surface area (Å²) in [6.07, 6.45) is 5.04. The summed E-state index contributed by atoms with van der Waals surface area (Å²) in [5, 5.41) is 8.95. The SMILES string of the molecule is N#C/C(=C\c1ccco1)C(=O)N1CCCC1. The second kappa shape index (κ2) is 4.67. The molecule has 0 atom stereocenters. The summed E-state index contributed by atoms with van der Waals surface area (Å²) in [5.74, 6) is 0.334. The molecule has 0 saturated carbocycles. The van der Waals surface area contributed by atoms with Crippen molar-refractivity contribution in [3.05, 3.63) is 29.7 Å². The van der Waals surface area contributed by atoms with Gasteiger partial charge in [-0.15, -0.1) is 0 Å². The molecule has 0 unspecified atom stereocenters. The normalized spacial score (nSPS) is 16.2. The Morgan fingerprint density at radius 1 is 1.50 bits per heavy atom. The van der Waals surface area contributed by atoms with Gasteiger partial charge in [0, 0.05) is 19.2 Å². The number of carbonyl (C=O) groups excluding carboxylic acids is 1. The van der Waals surface area contributed by atoms with Gasteiger partial charge >= 0.3 is 0 Å². The maximum atomic E-state index is 11.9. The molecule has 1 aromatic rings. The van der Waals surface area contributed by atoms with E-state index in [4.69, 9.17) is 9.68 Å². The van der Waals surface area contributed by atoms with E-state index in [1.807, 2.05) is 6.07 Å². The predicted octanol–water partition coefficient (Wildman–Crippen LogP) is 1.81. The molecular formula is C12H12N2O2. The summed E-state index contributed by atoms with van der Waals surface area (Å²) in [6.45, 7) is 1.49. The lowest BCUT2D eigenvalue weighted by Crippen LogP contribution is -2.28. The van der Waals surface area contributed by atoms with Crippen molar-refractivity contribution in [1.82, 2.24) is 4.90 Å². The van der Waals surface area contributed by atoms with Crippen molar-refractivity contribution in [2.75, 3.05) is 13.1 Å². The zero-order chi connectivity index (χ0) is 11.4. The first-order chi connectivity index (χ1) is 7.81. The summed E-state index contributed by atoms with van der Waals surface area (Å²) in [7, 11) is 0. The molecule has 0 aromatic carbocycles. The van der Waals surface area contributed by atoms with Crippen molar-refractivity contribution in [1.29, 1.82) is 5.26 Å². The zero-order valence-corrected chi connectivity index (χ0v) is 8.85. The van der Waals surface area contributed by atoms with E-state index in [1.165, 1.54) is 12.3 Å². The van der Waals surface area contributed by atoms with E-state index >= 15 is 0 Å². The average molecular weight is 216 g/mol. The monoisotopic (exact) mass is 216 g/mol. The molecule has 2 rings (SSSR count). The molecule has 2 heterocycles. The van der Waals surface area contributed by atoms with E-state index in [1.54, 1.807) is 17.0 Å². The van der Waals surface area contributed by atoms with Gasteiger partial charge < -0.3 is 9.32 Å². The lowest BCUT2D eigenvalue weighted by atomic mass is 10.2. The second-order valence-electron chi connectivity index (χ2n) is 3.68. The Balaban J connectivity index is 2.16. The van der Waals surface area contributed by atoms with Crippen LogP contribution in [0.1, 0.15) is 18.6 Å². The molecule has 0 N–H and O–H groups in total. The first-order valence-electron chi connectivity index (χ1n) is 5.26. The predicted molar refractivity (Wildman–Crippen MR) is 58.1 cm³/mol. The molecule has 0 radical (unpaired) electrons. The number of nitriles is 1. The Morgan fingerprint density at radius 3 is 2.81 bits per heavy atom. The number of amides is 1. The molecule has 0 aliphatic carbocycles. The quantitative estimate of drug-likeness (QED) is 0.559. The van der Waals surface area contributed by atoms with Gasteiger partial charge in [0.05, 0.1) is 6.26 Å². The Kier molecular flexibility index (Phi) is 3.06. The molecular weight excluding hydrogens is 204 g/mol.